The zero-order valence-corrected chi connectivity index (χ0v) is 22.3. The van der Waals surface area contributed by atoms with Gasteiger partial charge in [0.15, 0.2) is 0 Å². The molecule has 1 aromatic rings. The van der Waals surface area contributed by atoms with Crippen LogP contribution in [0.3, 0.4) is 0 Å². The maximum atomic E-state index is 14.1. The molecular weight excluding hydrogens is 486 g/mol. The molecule has 0 radical (unpaired) electrons. The highest BCUT2D eigenvalue weighted by atomic mass is 16.5. The van der Waals surface area contributed by atoms with Crippen LogP contribution >= 0.6 is 0 Å². The lowest BCUT2D eigenvalue weighted by Crippen LogP contribution is -2.57. The molecule has 0 bridgehead atoms. The average molecular weight is 524 g/mol. The fraction of sp³-hybridized carbons (Fsp3) is 0.552. The summed E-state index contributed by atoms with van der Waals surface area (Å²) < 4.78 is 12.2. The summed E-state index contributed by atoms with van der Waals surface area (Å²) >= 11 is 0. The van der Waals surface area contributed by atoms with Crippen molar-refractivity contribution in [2.75, 3.05) is 37.7 Å². The number of carbonyl (C=O) groups is 3. The Morgan fingerprint density at radius 2 is 1.84 bits per heavy atom. The Morgan fingerprint density at radius 3 is 2.53 bits per heavy atom. The number of anilines is 1. The molecule has 9 nitrogen and oxygen atoms in total. The molecule has 4 aliphatic heterocycles. The van der Waals surface area contributed by atoms with E-state index in [-0.39, 0.29) is 36.9 Å². The van der Waals surface area contributed by atoms with Crippen molar-refractivity contribution in [3.8, 4) is 5.75 Å². The van der Waals surface area contributed by atoms with Crippen LogP contribution in [0.5, 0.6) is 5.75 Å². The van der Waals surface area contributed by atoms with E-state index in [1.54, 1.807) is 9.80 Å². The van der Waals surface area contributed by atoms with E-state index in [1.165, 1.54) is 4.90 Å². The van der Waals surface area contributed by atoms with Gasteiger partial charge in [-0.3, -0.25) is 14.4 Å². The molecule has 9 heteroatoms. The maximum Gasteiger partial charge on any atom is 0.249 e. The number of ether oxygens (including phenoxy) is 2. The summed E-state index contributed by atoms with van der Waals surface area (Å²) in [4.78, 5) is 47.0. The Balaban J connectivity index is 1.53. The van der Waals surface area contributed by atoms with Crippen molar-refractivity contribution in [3.05, 3.63) is 48.6 Å². The van der Waals surface area contributed by atoms with E-state index in [0.717, 1.165) is 12.8 Å². The highest BCUT2D eigenvalue weighted by Crippen LogP contribution is 2.53. The van der Waals surface area contributed by atoms with Crippen LogP contribution < -0.4 is 9.64 Å². The van der Waals surface area contributed by atoms with E-state index in [0.29, 0.717) is 31.1 Å². The molecule has 2 fully saturated rings. The molecule has 4 heterocycles. The lowest BCUT2D eigenvalue weighted by Gasteiger charge is -2.37. The molecule has 4 aliphatic rings. The summed E-state index contributed by atoms with van der Waals surface area (Å²) in [6, 6.07) is 6.37. The van der Waals surface area contributed by atoms with Crippen LogP contribution in [-0.2, 0) is 19.1 Å². The molecule has 3 amide bonds. The first-order valence-electron chi connectivity index (χ1n) is 13.7. The van der Waals surface area contributed by atoms with Crippen LogP contribution in [0, 0.1) is 11.8 Å². The van der Waals surface area contributed by atoms with E-state index in [1.807, 2.05) is 62.4 Å². The minimum atomic E-state index is -1.28. The van der Waals surface area contributed by atoms with Crippen molar-refractivity contribution in [3.63, 3.8) is 0 Å². The third-order valence-corrected chi connectivity index (χ3v) is 8.23. The summed E-state index contributed by atoms with van der Waals surface area (Å²) in [6.45, 7) is 7.02. The summed E-state index contributed by atoms with van der Waals surface area (Å²) in [5.41, 5.74) is -0.577. The predicted molar refractivity (Wildman–Crippen MR) is 141 cm³/mol. The Kier molecular flexibility index (Phi) is 7.33. The number of β-amino-alcohol motifs (C(OH)–C–C–N with tert-alkyl or cyclic N) is 1. The highest BCUT2D eigenvalue weighted by molar-refractivity contribution is 6.03. The van der Waals surface area contributed by atoms with Crippen LogP contribution in [0.4, 0.5) is 5.69 Å². The molecule has 38 heavy (non-hydrogen) atoms. The van der Waals surface area contributed by atoms with Gasteiger partial charge in [-0.25, -0.2) is 0 Å². The Morgan fingerprint density at radius 1 is 1.08 bits per heavy atom. The number of rotatable bonds is 8. The normalized spacial score (nSPS) is 31.2. The predicted octanol–water partition coefficient (Wildman–Crippen LogP) is 2.15. The monoisotopic (exact) mass is 523 g/mol. The number of likely N-dealkylation sites (tertiary alicyclic amines) is 1. The Labute approximate surface area is 223 Å². The molecule has 1 N–H and O–H groups in total. The number of aliphatic hydroxyl groups excluding tert-OH is 1. The van der Waals surface area contributed by atoms with E-state index in [4.69, 9.17) is 9.47 Å². The number of carbonyl (C=O) groups excluding carboxylic acids is 3. The number of benzene rings is 1. The molecule has 5 rings (SSSR count). The zero-order valence-electron chi connectivity index (χ0n) is 22.3. The lowest BCUT2D eigenvalue weighted by atomic mass is 9.77. The molecule has 1 spiro atoms. The van der Waals surface area contributed by atoms with Gasteiger partial charge in [0.2, 0.25) is 17.7 Å². The molecule has 2 unspecified atom stereocenters. The Bertz CT molecular complexity index is 1130. The number of hydrogen-bond donors (Lipinski definition) is 1. The van der Waals surface area contributed by atoms with Gasteiger partial charge in [-0.15, -0.1) is 0 Å². The van der Waals surface area contributed by atoms with Crippen LogP contribution in [-0.4, -0.2) is 89.3 Å². The van der Waals surface area contributed by atoms with Gasteiger partial charge in [0.05, 0.1) is 31.2 Å². The van der Waals surface area contributed by atoms with Crippen molar-refractivity contribution in [1.29, 1.82) is 0 Å². The number of amides is 3. The number of fused-ring (bicyclic) bond motifs is 2. The molecule has 0 aromatic heterocycles. The van der Waals surface area contributed by atoms with Crippen molar-refractivity contribution in [1.82, 2.24) is 9.80 Å². The van der Waals surface area contributed by atoms with Gasteiger partial charge < -0.3 is 29.3 Å². The summed E-state index contributed by atoms with van der Waals surface area (Å²) in [7, 11) is 0. The lowest BCUT2D eigenvalue weighted by molar-refractivity contribution is -0.148. The minimum Gasteiger partial charge on any atom is -0.494 e. The van der Waals surface area contributed by atoms with Gasteiger partial charge in [-0.05, 0) is 44.5 Å². The molecule has 1 aromatic carbocycles. The molecule has 0 saturated carbocycles. The third-order valence-electron chi connectivity index (χ3n) is 8.23. The third kappa shape index (κ3) is 4.12. The van der Waals surface area contributed by atoms with E-state index in [9.17, 15) is 19.5 Å². The smallest absolute Gasteiger partial charge is 0.249 e. The van der Waals surface area contributed by atoms with Crippen LogP contribution in [0.15, 0.2) is 48.6 Å². The molecule has 2 saturated heterocycles. The standard InChI is InChI=1S/C29H37N3O6/c1-4-8-19(3)30-16-7-14-29-24(27(35)32(17-18-33)25(29)28(30)36)23-22(38-29)9-6-15-31(26(23)34)20-10-12-21(13-11-20)37-5-2/h6-7,9-14,19,22-25,33H,4-5,8,15-18H2,1-3H3/t19?,22-,23+,24+,25?,29+/m1/s1. The molecular formula is C29H37N3O6. The average Bonchev–Trinajstić information content (AvgIpc) is 3.20. The summed E-state index contributed by atoms with van der Waals surface area (Å²) in [5, 5.41) is 9.82. The minimum absolute atomic E-state index is 0.00467. The van der Waals surface area contributed by atoms with Crippen molar-refractivity contribution >= 4 is 23.4 Å². The first kappa shape index (κ1) is 26.4. The van der Waals surface area contributed by atoms with Gasteiger partial charge >= 0.3 is 0 Å². The summed E-state index contributed by atoms with van der Waals surface area (Å²) in [5.74, 6) is -1.69. The van der Waals surface area contributed by atoms with E-state index >= 15 is 0 Å². The highest BCUT2D eigenvalue weighted by Gasteiger charge is 2.71. The van der Waals surface area contributed by atoms with Crippen molar-refractivity contribution in [2.24, 2.45) is 11.8 Å². The van der Waals surface area contributed by atoms with Crippen molar-refractivity contribution in [2.45, 2.75) is 57.4 Å². The fourth-order valence-corrected chi connectivity index (χ4v) is 6.59. The number of hydrogen-bond acceptors (Lipinski definition) is 6. The van der Waals surface area contributed by atoms with Gasteiger partial charge in [0.25, 0.3) is 0 Å². The van der Waals surface area contributed by atoms with Gasteiger partial charge in [-0.2, -0.15) is 0 Å². The number of aliphatic hydroxyl groups is 1. The first-order valence-corrected chi connectivity index (χ1v) is 13.7. The second-order valence-electron chi connectivity index (χ2n) is 10.4. The van der Waals surface area contributed by atoms with E-state index < -0.39 is 29.6 Å². The van der Waals surface area contributed by atoms with Crippen LogP contribution in [0.2, 0.25) is 0 Å². The van der Waals surface area contributed by atoms with Gasteiger partial charge in [-0.1, -0.05) is 37.6 Å². The van der Waals surface area contributed by atoms with Gasteiger partial charge in [0.1, 0.15) is 17.4 Å². The number of nitrogens with zero attached hydrogens (tertiary/aromatic N) is 3. The topological polar surface area (TPSA) is 99.6 Å². The maximum absolute atomic E-state index is 14.1. The second-order valence-corrected chi connectivity index (χ2v) is 10.4. The summed E-state index contributed by atoms with van der Waals surface area (Å²) in [6.07, 6.45) is 8.60. The Hall–Kier alpha value is -3.17. The van der Waals surface area contributed by atoms with Crippen LogP contribution in [0.25, 0.3) is 0 Å². The first-order chi connectivity index (χ1) is 18.4. The molecule has 0 aliphatic carbocycles. The van der Waals surface area contributed by atoms with Gasteiger partial charge in [0, 0.05) is 31.4 Å². The molecule has 6 atom stereocenters. The fourth-order valence-electron chi connectivity index (χ4n) is 6.59. The van der Waals surface area contributed by atoms with E-state index in [2.05, 4.69) is 6.92 Å². The SMILES string of the molecule is CCCC(C)N1CC=C[C@]23O[C@@H]4C=CCN(c5ccc(OCC)cc5)C(=O)[C@@H]4[C@H]2C(=O)N(CCO)C3C1=O. The second kappa shape index (κ2) is 10.5. The van der Waals surface area contributed by atoms with Crippen molar-refractivity contribution < 1.29 is 29.0 Å². The largest absolute Gasteiger partial charge is 0.494 e. The zero-order chi connectivity index (χ0) is 27.0. The molecule has 204 valence electrons. The van der Waals surface area contributed by atoms with Crippen LogP contribution in [0.1, 0.15) is 33.6 Å². The quantitative estimate of drug-likeness (QED) is 0.525.